The third kappa shape index (κ3) is 3.77. The number of hydrogen-bond donors (Lipinski definition) is 1. The van der Waals surface area contributed by atoms with Gasteiger partial charge in [-0.05, 0) is 39.2 Å². The van der Waals surface area contributed by atoms with Crippen molar-refractivity contribution in [1.82, 2.24) is 14.9 Å². The third-order valence-electron chi connectivity index (χ3n) is 4.97. The van der Waals surface area contributed by atoms with Gasteiger partial charge in [-0.3, -0.25) is 14.2 Å². The smallest absolute Gasteiger partial charge is 0.262 e. The lowest BCUT2D eigenvalue weighted by molar-refractivity contribution is -0.121. The largest absolute Gasteiger partial charge is 0.352 e. The summed E-state index contributed by atoms with van der Waals surface area (Å²) in [7, 11) is 1.73. The quantitative estimate of drug-likeness (QED) is 0.652. The van der Waals surface area contributed by atoms with Crippen molar-refractivity contribution in [3.63, 3.8) is 0 Å². The van der Waals surface area contributed by atoms with Crippen LogP contribution < -0.4 is 10.9 Å². The summed E-state index contributed by atoms with van der Waals surface area (Å²) in [5.41, 5.74) is 0.974. The number of nitrogens with one attached hydrogen (secondary N) is 1. The average molecular weight is 380 g/mol. The van der Waals surface area contributed by atoms with E-state index < -0.39 is 0 Å². The molecule has 0 aromatic carbocycles. The first-order valence-electron chi connectivity index (χ1n) is 8.82. The number of carbonyl (C=O) groups excluding carboxylic acids is 1. The topological polar surface area (TPSA) is 64.0 Å². The summed E-state index contributed by atoms with van der Waals surface area (Å²) in [6.07, 6.45) is 5.79. The van der Waals surface area contributed by atoms with Gasteiger partial charge in [-0.2, -0.15) is 0 Å². The molecule has 0 bridgehead atoms. The predicted octanol–water partition coefficient (Wildman–Crippen LogP) is 3.54. The monoisotopic (exact) mass is 379 g/mol. The first kappa shape index (κ1) is 18.5. The van der Waals surface area contributed by atoms with Gasteiger partial charge in [0.05, 0.1) is 10.6 Å². The highest BCUT2D eigenvalue weighted by Crippen LogP contribution is 2.29. The van der Waals surface area contributed by atoms with Gasteiger partial charge in [0.15, 0.2) is 5.16 Å². The Kier molecular flexibility index (Phi) is 5.53. The molecule has 7 heteroatoms. The second-order valence-corrected chi connectivity index (χ2v) is 9.34. The Morgan fingerprint density at radius 2 is 2.00 bits per heavy atom. The van der Waals surface area contributed by atoms with Gasteiger partial charge in [-0.25, -0.2) is 4.98 Å². The predicted molar refractivity (Wildman–Crippen MR) is 105 cm³/mol. The number of hydrogen-bond acceptors (Lipinski definition) is 5. The number of carbonyl (C=O) groups is 1. The molecule has 3 rings (SSSR count). The number of thiophene rings is 1. The molecule has 1 amide bonds. The van der Waals surface area contributed by atoms with E-state index in [4.69, 9.17) is 0 Å². The van der Waals surface area contributed by atoms with Crippen LogP contribution in [-0.4, -0.2) is 26.8 Å². The molecule has 2 aromatic rings. The molecule has 1 aliphatic carbocycles. The lowest BCUT2D eigenvalue weighted by atomic mass is 9.95. The van der Waals surface area contributed by atoms with Crippen LogP contribution in [0.1, 0.15) is 49.5 Å². The third-order valence-corrected chi connectivity index (χ3v) is 7.22. The SMILES string of the molecule is Cc1sc2nc(SC(C)C(=O)NC3CCCCC3)n(C)c(=O)c2c1C. The zero-order chi connectivity index (χ0) is 18.1. The van der Waals surface area contributed by atoms with E-state index in [2.05, 4.69) is 10.3 Å². The molecule has 2 aromatic heterocycles. The molecule has 136 valence electrons. The summed E-state index contributed by atoms with van der Waals surface area (Å²) in [6.45, 7) is 5.85. The van der Waals surface area contributed by atoms with Crippen LogP contribution in [0.15, 0.2) is 9.95 Å². The van der Waals surface area contributed by atoms with E-state index in [1.54, 1.807) is 23.0 Å². The van der Waals surface area contributed by atoms with Gasteiger partial charge in [0.2, 0.25) is 5.91 Å². The fourth-order valence-electron chi connectivity index (χ4n) is 3.24. The number of aryl methyl sites for hydroxylation is 2. The summed E-state index contributed by atoms with van der Waals surface area (Å²) in [4.78, 5) is 31.7. The standard InChI is InChI=1S/C18H25N3O2S2/c1-10-11(2)24-16-14(10)17(23)21(4)18(20-16)25-12(3)15(22)19-13-8-6-5-7-9-13/h12-13H,5-9H2,1-4H3,(H,19,22). The van der Waals surface area contributed by atoms with E-state index in [1.165, 1.54) is 31.0 Å². The van der Waals surface area contributed by atoms with Crippen LogP contribution in [0, 0.1) is 13.8 Å². The van der Waals surface area contributed by atoms with Crippen LogP contribution in [0.25, 0.3) is 10.2 Å². The molecule has 25 heavy (non-hydrogen) atoms. The van der Waals surface area contributed by atoms with Crippen molar-refractivity contribution in [2.75, 3.05) is 0 Å². The molecule has 1 N–H and O–H groups in total. The van der Waals surface area contributed by atoms with Crippen molar-refractivity contribution in [2.45, 2.75) is 69.3 Å². The zero-order valence-corrected chi connectivity index (χ0v) is 16.9. The highest BCUT2D eigenvalue weighted by Gasteiger charge is 2.23. The molecule has 1 unspecified atom stereocenters. The molecule has 0 aliphatic heterocycles. The van der Waals surface area contributed by atoms with Gasteiger partial charge in [0.1, 0.15) is 4.83 Å². The van der Waals surface area contributed by atoms with E-state index in [1.807, 2.05) is 20.8 Å². The van der Waals surface area contributed by atoms with Crippen LogP contribution in [0.3, 0.4) is 0 Å². The maximum Gasteiger partial charge on any atom is 0.262 e. The molecule has 1 fully saturated rings. The van der Waals surface area contributed by atoms with Crippen molar-refractivity contribution < 1.29 is 4.79 Å². The van der Waals surface area contributed by atoms with E-state index in [0.29, 0.717) is 16.6 Å². The van der Waals surface area contributed by atoms with Crippen LogP contribution >= 0.6 is 23.1 Å². The van der Waals surface area contributed by atoms with Crippen LogP contribution in [0.4, 0.5) is 0 Å². The van der Waals surface area contributed by atoms with Crippen LogP contribution in [0.2, 0.25) is 0 Å². The normalized spacial score (nSPS) is 17.0. The molecule has 0 radical (unpaired) electrons. The Morgan fingerprint density at radius 1 is 1.32 bits per heavy atom. The van der Waals surface area contributed by atoms with Crippen molar-refractivity contribution in [2.24, 2.45) is 7.05 Å². The second kappa shape index (κ2) is 7.50. The highest BCUT2D eigenvalue weighted by molar-refractivity contribution is 8.00. The van der Waals surface area contributed by atoms with Crippen molar-refractivity contribution >= 4 is 39.2 Å². The van der Waals surface area contributed by atoms with Gasteiger partial charge >= 0.3 is 0 Å². The van der Waals surface area contributed by atoms with Gasteiger partial charge in [0.25, 0.3) is 5.56 Å². The minimum absolute atomic E-state index is 0.0322. The molecular weight excluding hydrogens is 354 g/mol. The average Bonchev–Trinajstić information content (AvgIpc) is 2.87. The van der Waals surface area contributed by atoms with Gasteiger partial charge < -0.3 is 5.32 Å². The van der Waals surface area contributed by atoms with Crippen molar-refractivity contribution in [3.05, 3.63) is 20.8 Å². The Bertz CT molecular complexity index is 850. The number of fused-ring (bicyclic) bond motifs is 1. The highest BCUT2D eigenvalue weighted by atomic mass is 32.2. The number of aromatic nitrogens is 2. The molecule has 1 atom stereocenters. The van der Waals surface area contributed by atoms with E-state index in [0.717, 1.165) is 28.1 Å². The number of rotatable bonds is 4. The van der Waals surface area contributed by atoms with Crippen molar-refractivity contribution in [3.8, 4) is 0 Å². The first-order valence-corrected chi connectivity index (χ1v) is 10.5. The Hall–Kier alpha value is -1.34. The Morgan fingerprint density at radius 3 is 2.68 bits per heavy atom. The lowest BCUT2D eigenvalue weighted by Gasteiger charge is -2.24. The van der Waals surface area contributed by atoms with Gasteiger partial charge in [0, 0.05) is 18.0 Å². The van der Waals surface area contributed by atoms with E-state index >= 15 is 0 Å². The summed E-state index contributed by atoms with van der Waals surface area (Å²) >= 11 is 2.90. The van der Waals surface area contributed by atoms with Crippen LogP contribution in [0.5, 0.6) is 0 Å². The number of nitrogens with zero attached hydrogens (tertiary/aromatic N) is 2. The molecule has 1 aliphatic rings. The number of amides is 1. The molecule has 2 heterocycles. The summed E-state index contributed by atoms with van der Waals surface area (Å²) in [6, 6.07) is 0.297. The molecule has 1 saturated carbocycles. The fraction of sp³-hybridized carbons (Fsp3) is 0.611. The molecular formula is C18H25N3O2S2. The van der Waals surface area contributed by atoms with Gasteiger partial charge in [-0.15, -0.1) is 11.3 Å². The first-order chi connectivity index (χ1) is 11.9. The van der Waals surface area contributed by atoms with E-state index in [9.17, 15) is 9.59 Å². The molecule has 0 spiro atoms. The summed E-state index contributed by atoms with van der Waals surface area (Å²) < 4.78 is 1.57. The second-order valence-electron chi connectivity index (χ2n) is 6.83. The summed E-state index contributed by atoms with van der Waals surface area (Å²) in [5, 5.41) is 4.18. The van der Waals surface area contributed by atoms with E-state index in [-0.39, 0.29) is 16.7 Å². The fourth-order valence-corrected chi connectivity index (χ4v) is 5.19. The maximum atomic E-state index is 12.7. The van der Waals surface area contributed by atoms with Gasteiger partial charge in [-0.1, -0.05) is 31.0 Å². The Balaban J connectivity index is 1.78. The number of thioether (sulfide) groups is 1. The minimum Gasteiger partial charge on any atom is -0.352 e. The molecule has 5 nitrogen and oxygen atoms in total. The lowest BCUT2D eigenvalue weighted by Crippen LogP contribution is -2.40. The summed E-state index contributed by atoms with van der Waals surface area (Å²) in [5.74, 6) is 0.0322. The Labute approximate surface area is 156 Å². The maximum absolute atomic E-state index is 12.7. The van der Waals surface area contributed by atoms with Crippen molar-refractivity contribution in [1.29, 1.82) is 0 Å². The minimum atomic E-state index is -0.278. The zero-order valence-electron chi connectivity index (χ0n) is 15.2. The molecule has 0 saturated heterocycles. The van der Waals surface area contributed by atoms with Crippen LogP contribution in [-0.2, 0) is 11.8 Å².